The lowest BCUT2D eigenvalue weighted by molar-refractivity contribution is 0.279. The van der Waals surface area contributed by atoms with Gasteiger partial charge in [0, 0.05) is 6.61 Å². The van der Waals surface area contributed by atoms with Crippen LogP contribution >= 0.6 is 0 Å². The van der Waals surface area contributed by atoms with Gasteiger partial charge in [-0.3, -0.25) is 0 Å². The highest BCUT2D eigenvalue weighted by Crippen LogP contribution is 2.49. The van der Waals surface area contributed by atoms with Gasteiger partial charge in [-0.1, -0.05) is 12.1 Å². The van der Waals surface area contributed by atoms with Crippen LogP contribution in [0.2, 0.25) is 0 Å². The van der Waals surface area contributed by atoms with E-state index in [4.69, 9.17) is 9.84 Å². The number of rotatable bonds is 4. The Morgan fingerprint density at radius 3 is 3.07 bits per heavy atom. The van der Waals surface area contributed by atoms with Crippen LogP contribution in [0.1, 0.15) is 24.3 Å². The maximum Gasteiger partial charge on any atom is 0.119 e. The monoisotopic (exact) mass is 192 g/mol. The number of aliphatic hydroxyl groups is 1. The summed E-state index contributed by atoms with van der Waals surface area (Å²) in [6, 6.07) is 8.24. The molecule has 1 aliphatic carbocycles. The molecule has 2 atom stereocenters. The zero-order valence-corrected chi connectivity index (χ0v) is 8.44. The average molecular weight is 192 g/mol. The molecule has 1 aromatic carbocycles. The van der Waals surface area contributed by atoms with Crippen molar-refractivity contribution in [2.75, 3.05) is 13.7 Å². The number of aliphatic hydroxyl groups excluding tert-OH is 1. The van der Waals surface area contributed by atoms with Crippen molar-refractivity contribution < 1.29 is 9.84 Å². The van der Waals surface area contributed by atoms with Crippen molar-refractivity contribution >= 4 is 0 Å². The van der Waals surface area contributed by atoms with E-state index in [-0.39, 0.29) is 0 Å². The molecule has 0 bridgehead atoms. The summed E-state index contributed by atoms with van der Waals surface area (Å²) in [5.41, 5.74) is 1.35. The van der Waals surface area contributed by atoms with Crippen LogP contribution in [0, 0.1) is 5.92 Å². The SMILES string of the molecule is COc1cccc(C2CC2CCO)c1. The Labute approximate surface area is 84.5 Å². The van der Waals surface area contributed by atoms with Gasteiger partial charge in [0.2, 0.25) is 0 Å². The minimum Gasteiger partial charge on any atom is -0.497 e. The number of hydrogen-bond acceptors (Lipinski definition) is 2. The van der Waals surface area contributed by atoms with Crippen LogP contribution in [0.4, 0.5) is 0 Å². The quantitative estimate of drug-likeness (QED) is 0.792. The van der Waals surface area contributed by atoms with Gasteiger partial charge in [0.25, 0.3) is 0 Å². The molecule has 1 aromatic rings. The molecule has 1 N–H and O–H groups in total. The van der Waals surface area contributed by atoms with Crippen molar-refractivity contribution in [3.8, 4) is 5.75 Å². The molecular weight excluding hydrogens is 176 g/mol. The molecule has 0 spiro atoms. The Balaban J connectivity index is 2.03. The zero-order chi connectivity index (χ0) is 9.97. The summed E-state index contributed by atoms with van der Waals surface area (Å²) >= 11 is 0. The minimum atomic E-state index is 0.311. The van der Waals surface area contributed by atoms with Gasteiger partial charge in [-0.2, -0.15) is 0 Å². The molecule has 2 nitrogen and oxygen atoms in total. The minimum absolute atomic E-state index is 0.311. The zero-order valence-electron chi connectivity index (χ0n) is 8.44. The lowest BCUT2D eigenvalue weighted by atomic mass is 10.1. The first kappa shape index (κ1) is 9.53. The Kier molecular flexibility index (Phi) is 2.73. The number of benzene rings is 1. The molecule has 2 rings (SSSR count). The van der Waals surface area contributed by atoms with E-state index in [1.54, 1.807) is 7.11 Å². The lowest BCUT2D eigenvalue weighted by Gasteiger charge is -2.03. The van der Waals surface area contributed by atoms with Crippen LogP contribution in [-0.4, -0.2) is 18.8 Å². The normalized spacial score (nSPS) is 24.7. The highest BCUT2D eigenvalue weighted by Gasteiger charge is 2.37. The molecule has 0 saturated heterocycles. The molecule has 76 valence electrons. The van der Waals surface area contributed by atoms with Crippen molar-refractivity contribution in [2.45, 2.75) is 18.8 Å². The lowest BCUT2D eigenvalue weighted by Crippen LogP contribution is -1.89. The van der Waals surface area contributed by atoms with Crippen molar-refractivity contribution in [3.05, 3.63) is 29.8 Å². The highest BCUT2D eigenvalue weighted by molar-refractivity contribution is 5.33. The van der Waals surface area contributed by atoms with E-state index in [0.717, 1.165) is 12.2 Å². The van der Waals surface area contributed by atoms with Crippen LogP contribution in [0.25, 0.3) is 0 Å². The average Bonchev–Trinajstić information content (AvgIpc) is 2.98. The molecule has 0 aromatic heterocycles. The molecule has 0 aliphatic heterocycles. The molecule has 1 fully saturated rings. The molecule has 2 heteroatoms. The standard InChI is InChI=1S/C12H16O2/c1-14-11-4-2-3-9(7-11)12-8-10(12)5-6-13/h2-4,7,10,12-13H,5-6,8H2,1H3. The fraction of sp³-hybridized carbons (Fsp3) is 0.500. The fourth-order valence-electron chi connectivity index (χ4n) is 2.01. The summed E-state index contributed by atoms with van der Waals surface area (Å²) in [4.78, 5) is 0. The Hall–Kier alpha value is -1.02. The van der Waals surface area contributed by atoms with Crippen LogP contribution in [0.5, 0.6) is 5.75 Å². The van der Waals surface area contributed by atoms with E-state index in [0.29, 0.717) is 18.4 Å². The van der Waals surface area contributed by atoms with Crippen LogP contribution < -0.4 is 4.74 Å². The molecular formula is C12H16O2. The van der Waals surface area contributed by atoms with E-state index in [1.807, 2.05) is 12.1 Å². The first-order valence-corrected chi connectivity index (χ1v) is 5.10. The molecule has 0 heterocycles. The van der Waals surface area contributed by atoms with Gasteiger partial charge in [0.05, 0.1) is 7.11 Å². The predicted octanol–water partition coefficient (Wildman–Crippen LogP) is 2.18. The second-order valence-electron chi connectivity index (χ2n) is 3.89. The van der Waals surface area contributed by atoms with Crippen molar-refractivity contribution in [1.29, 1.82) is 0 Å². The second kappa shape index (κ2) is 4.01. The molecule has 1 aliphatic rings. The summed E-state index contributed by atoms with van der Waals surface area (Å²) in [6.07, 6.45) is 2.15. The predicted molar refractivity (Wildman–Crippen MR) is 55.5 cm³/mol. The van der Waals surface area contributed by atoms with E-state index in [9.17, 15) is 0 Å². The first-order chi connectivity index (χ1) is 6.85. The molecule has 2 unspecified atom stereocenters. The van der Waals surface area contributed by atoms with Crippen molar-refractivity contribution in [2.24, 2.45) is 5.92 Å². The largest absolute Gasteiger partial charge is 0.497 e. The van der Waals surface area contributed by atoms with Gasteiger partial charge in [0.15, 0.2) is 0 Å². The number of ether oxygens (including phenoxy) is 1. The number of hydrogen-bond donors (Lipinski definition) is 1. The second-order valence-corrected chi connectivity index (χ2v) is 3.89. The molecule has 14 heavy (non-hydrogen) atoms. The topological polar surface area (TPSA) is 29.5 Å². The van der Waals surface area contributed by atoms with Crippen LogP contribution in [0.3, 0.4) is 0 Å². The summed E-state index contributed by atoms with van der Waals surface area (Å²) in [7, 11) is 1.69. The smallest absolute Gasteiger partial charge is 0.119 e. The van der Waals surface area contributed by atoms with Gasteiger partial charge in [-0.05, 0) is 42.4 Å². The number of methoxy groups -OCH3 is 1. The van der Waals surface area contributed by atoms with Crippen LogP contribution in [0.15, 0.2) is 24.3 Å². The fourth-order valence-corrected chi connectivity index (χ4v) is 2.01. The van der Waals surface area contributed by atoms with Gasteiger partial charge in [-0.15, -0.1) is 0 Å². The van der Waals surface area contributed by atoms with Crippen molar-refractivity contribution in [1.82, 2.24) is 0 Å². The third-order valence-corrected chi connectivity index (χ3v) is 2.94. The van der Waals surface area contributed by atoms with E-state index >= 15 is 0 Å². The summed E-state index contributed by atoms with van der Waals surface area (Å²) < 4.78 is 5.18. The summed E-state index contributed by atoms with van der Waals surface area (Å²) in [5, 5.41) is 8.82. The van der Waals surface area contributed by atoms with E-state index in [1.165, 1.54) is 12.0 Å². The summed E-state index contributed by atoms with van der Waals surface area (Å²) in [5.74, 6) is 2.27. The summed E-state index contributed by atoms with van der Waals surface area (Å²) in [6.45, 7) is 0.311. The van der Waals surface area contributed by atoms with Gasteiger partial charge in [-0.25, -0.2) is 0 Å². The van der Waals surface area contributed by atoms with Crippen molar-refractivity contribution in [3.63, 3.8) is 0 Å². The van der Waals surface area contributed by atoms with Crippen LogP contribution in [-0.2, 0) is 0 Å². The molecule has 0 radical (unpaired) electrons. The first-order valence-electron chi connectivity index (χ1n) is 5.10. The highest BCUT2D eigenvalue weighted by atomic mass is 16.5. The van der Waals surface area contributed by atoms with Gasteiger partial charge in [0.1, 0.15) is 5.75 Å². The van der Waals surface area contributed by atoms with E-state index < -0.39 is 0 Å². The third kappa shape index (κ3) is 1.90. The van der Waals surface area contributed by atoms with Gasteiger partial charge < -0.3 is 9.84 Å². The molecule has 1 saturated carbocycles. The Morgan fingerprint density at radius 1 is 1.50 bits per heavy atom. The maximum atomic E-state index is 8.82. The maximum absolute atomic E-state index is 8.82. The Bertz CT molecular complexity index is 309. The third-order valence-electron chi connectivity index (χ3n) is 2.94. The Morgan fingerprint density at radius 2 is 2.36 bits per heavy atom. The molecule has 0 amide bonds. The van der Waals surface area contributed by atoms with Gasteiger partial charge >= 0.3 is 0 Å². The van der Waals surface area contributed by atoms with E-state index in [2.05, 4.69) is 12.1 Å².